The molecule has 1 aromatic carbocycles. The van der Waals surface area contributed by atoms with E-state index in [1.165, 1.54) is 6.26 Å². The molecule has 6 nitrogen and oxygen atoms in total. The van der Waals surface area contributed by atoms with Crippen LogP contribution in [-0.2, 0) is 16.1 Å². The molecular weight excluding hydrogens is 356 g/mol. The molecule has 6 heteroatoms. The normalized spacial score (nSPS) is 15.7. The molecule has 0 saturated heterocycles. The summed E-state index contributed by atoms with van der Waals surface area (Å²) in [7, 11) is 0. The van der Waals surface area contributed by atoms with Crippen molar-refractivity contribution < 1.29 is 18.7 Å². The van der Waals surface area contributed by atoms with Crippen molar-refractivity contribution in [2.24, 2.45) is 0 Å². The van der Waals surface area contributed by atoms with Crippen LogP contribution in [0.5, 0.6) is 5.75 Å². The first-order valence-corrected chi connectivity index (χ1v) is 8.60. The van der Waals surface area contributed by atoms with E-state index in [1.54, 1.807) is 55.5 Å². The van der Waals surface area contributed by atoms with Crippen molar-refractivity contribution in [1.82, 2.24) is 4.90 Å². The average molecular weight is 374 g/mol. The molecule has 0 N–H and O–H groups in total. The summed E-state index contributed by atoms with van der Waals surface area (Å²) in [5, 5.41) is 9.42. The quantitative estimate of drug-likeness (QED) is 0.438. The molecule has 2 heterocycles. The first-order valence-electron chi connectivity index (χ1n) is 8.60. The molecule has 0 radical (unpaired) electrons. The first kappa shape index (κ1) is 18.9. The van der Waals surface area contributed by atoms with Crippen molar-refractivity contribution in [1.29, 1.82) is 5.26 Å². The molecule has 0 aliphatic carbocycles. The summed E-state index contributed by atoms with van der Waals surface area (Å²) >= 11 is 0. The highest BCUT2D eigenvalue weighted by atomic mass is 16.5. The van der Waals surface area contributed by atoms with Crippen LogP contribution in [0.1, 0.15) is 18.2 Å². The van der Waals surface area contributed by atoms with Gasteiger partial charge in [0.05, 0.1) is 12.8 Å². The fraction of sp³-hybridized carbons (Fsp3) is 0.136. The van der Waals surface area contributed by atoms with Gasteiger partial charge in [0.1, 0.15) is 29.8 Å². The monoisotopic (exact) mass is 374 g/mol. The van der Waals surface area contributed by atoms with Crippen LogP contribution in [0.2, 0.25) is 0 Å². The van der Waals surface area contributed by atoms with Crippen LogP contribution in [0.15, 0.2) is 76.5 Å². The molecule has 1 aliphatic heterocycles. The molecule has 0 fully saturated rings. The van der Waals surface area contributed by atoms with E-state index in [1.807, 2.05) is 6.07 Å². The van der Waals surface area contributed by atoms with Crippen LogP contribution in [0.4, 0.5) is 0 Å². The molecule has 140 valence electrons. The molecule has 0 unspecified atom stereocenters. The van der Waals surface area contributed by atoms with E-state index in [9.17, 15) is 14.9 Å². The van der Waals surface area contributed by atoms with Gasteiger partial charge in [0, 0.05) is 5.57 Å². The zero-order valence-corrected chi connectivity index (χ0v) is 15.3. The Bertz CT molecular complexity index is 1010. The standard InChI is InChI=1S/C22H18N2O4/c1-3-10-27-17-8-6-16(7-9-17)12-19-15(2)20(13-23)22(26)24(21(19)25)14-18-5-4-11-28-18/h3-9,11-12H,1,10,14H2,2H3/b19-12+. The minimum Gasteiger partial charge on any atom is -0.490 e. The molecular formula is C22H18N2O4. The second-order valence-corrected chi connectivity index (χ2v) is 6.11. The van der Waals surface area contributed by atoms with Crippen molar-refractivity contribution in [3.8, 4) is 11.8 Å². The Morgan fingerprint density at radius 2 is 1.96 bits per heavy atom. The van der Waals surface area contributed by atoms with Gasteiger partial charge in [-0.1, -0.05) is 24.8 Å². The smallest absolute Gasteiger partial charge is 0.272 e. The van der Waals surface area contributed by atoms with Gasteiger partial charge in [-0.15, -0.1) is 0 Å². The third kappa shape index (κ3) is 3.79. The summed E-state index contributed by atoms with van der Waals surface area (Å²) in [6, 6.07) is 12.4. The summed E-state index contributed by atoms with van der Waals surface area (Å²) in [5.74, 6) is 0.0508. The summed E-state index contributed by atoms with van der Waals surface area (Å²) in [6.45, 7) is 5.57. The molecule has 28 heavy (non-hydrogen) atoms. The summed E-state index contributed by atoms with van der Waals surface area (Å²) < 4.78 is 10.7. The number of nitriles is 1. The van der Waals surface area contributed by atoms with Gasteiger partial charge in [0.15, 0.2) is 0 Å². The van der Waals surface area contributed by atoms with E-state index in [-0.39, 0.29) is 12.1 Å². The lowest BCUT2D eigenvalue weighted by Gasteiger charge is -2.26. The molecule has 2 amide bonds. The number of benzene rings is 1. The van der Waals surface area contributed by atoms with E-state index in [0.717, 1.165) is 10.5 Å². The van der Waals surface area contributed by atoms with E-state index in [4.69, 9.17) is 9.15 Å². The predicted molar refractivity (Wildman–Crippen MR) is 103 cm³/mol. The highest BCUT2D eigenvalue weighted by molar-refractivity contribution is 6.19. The maximum absolute atomic E-state index is 13.0. The van der Waals surface area contributed by atoms with E-state index in [2.05, 4.69) is 6.58 Å². The minimum atomic E-state index is -0.619. The molecule has 1 aliphatic rings. The Morgan fingerprint density at radius 1 is 1.21 bits per heavy atom. The lowest BCUT2D eigenvalue weighted by Crippen LogP contribution is -2.42. The van der Waals surface area contributed by atoms with Gasteiger partial charge >= 0.3 is 0 Å². The third-order valence-corrected chi connectivity index (χ3v) is 4.28. The average Bonchev–Trinajstić information content (AvgIpc) is 3.21. The summed E-state index contributed by atoms with van der Waals surface area (Å²) in [5.41, 5.74) is 1.35. The van der Waals surface area contributed by atoms with Crippen LogP contribution in [0.25, 0.3) is 6.08 Å². The number of nitrogens with zero attached hydrogens (tertiary/aromatic N) is 2. The fourth-order valence-corrected chi connectivity index (χ4v) is 2.81. The van der Waals surface area contributed by atoms with Crippen LogP contribution >= 0.6 is 0 Å². The van der Waals surface area contributed by atoms with Crippen molar-refractivity contribution in [3.63, 3.8) is 0 Å². The maximum atomic E-state index is 13.0. The van der Waals surface area contributed by atoms with Crippen LogP contribution < -0.4 is 4.74 Å². The highest BCUT2D eigenvalue weighted by Crippen LogP contribution is 2.28. The van der Waals surface area contributed by atoms with Crippen molar-refractivity contribution in [2.75, 3.05) is 6.61 Å². The van der Waals surface area contributed by atoms with Crippen molar-refractivity contribution >= 4 is 17.9 Å². The molecule has 3 rings (SSSR count). The van der Waals surface area contributed by atoms with Crippen LogP contribution in [-0.4, -0.2) is 23.3 Å². The Morgan fingerprint density at radius 3 is 2.57 bits per heavy atom. The Labute approximate surface area is 162 Å². The molecule has 1 aromatic heterocycles. The molecule has 0 saturated carbocycles. The van der Waals surface area contributed by atoms with E-state index >= 15 is 0 Å². The van der Waals surface area contributed by atoms with Crippen LogP contribution in [0, 0.1) is 11.3 Å². The zero-order valence-electron chi connectivity index (χ0n) is 15.3. The Kier molecular flexibility index (Phi) is 5.56. The van der Waals surface area contributed by atoms with Crippen LogP contribution in [0.3, 0.4) is 0 Å². The largest absolute Gasteiger partial charge is 0.490 e. The maximum Gasteiger partial charge on any atom is 0.272 e. The van der Waals surface area contributed by atoms with E-state index in [0.29, 0.717) is 29.3 Å². The predicted octanol–water partition coefficient (Wildman–Crippen LogP) is 3.64. The SMILES string of the molecule is C=CCOc1ccc(/C=C2/C(=O)N(Cc3ccco3)C(=O)C(C#N)=C2C)cc1. The lowest BCUT2D eigenvalue weighted by molar-refractivity contribution is -0.141. The van der Waals surface area contributed by atoms with E-state index < -0.39 is 11.8 Å². The van der Waals surface area contributed by atoms with Crippen molar-refractivity contribution in [3.05, 3.63) is 83.4 Å². The zero-order chi connectivity index (χ0) is 20.1. The number of hydrogen-bond donors (Lipinski definition) is 0. The van der Waals surface area contributed by atoms with Gasteiger partial charge in [-0.05, 0) is 48.4 Å². The number of amides is 2. The molecule has 0 atom stereocenters. The number of hydrogen-bond acceptors (Lipinski definition) is 5. The lowest BCUT2D eigenvalue weighted by atomic mass is 9.93. The number of furan rings is 1. The Hall–Kier alpha value is -3.85. The fourth-order valence-electron chi connectivity index (χ4n) is 2.81. The summed E-state index contributed by atoms with van der Waals surface area (Å²) in [6.07, 6.45) is 4.78. The molecule has 2 aromatic rings. The first-order chi connectivity index (χ1) is 13.5. The van der Waals surface area contributed by atoms with Gasteiger partial charge in [-0.25, -0.2) is 0 Å². The second kappa shape index (κ2) is 8.23. The second-order valence-electron chi connectivity index (χ2n) is 6.11. The van der Waals surface area contributed by atoms with Gasteiger partial charge in [0.2, 0.25) is 0 Å². The number of carbonyl (C=O) groups is 2. The highest BCUT2D eigenvalue weighted by Gasteiger charge is 2.35. The minimum absolute atomic E-state index is 0.0329. The topological polar surface area (TPSA) is 83.5 Å². The van der Waals surface area contributed by atoms with Gasteiger partial charge in [-0.2, -0.15) is 5.26 Å². The molecule has 0 spiro atoms. The van der Waals surface area contributed by atoms with Gasteiger partial charge < -0.3 is 9.15 Å². The Balaban J connectivity index is 1.95. The number of rotatable bonds is 6. The number of ether oxygens (including phenoxy) is 1. The van der Waals surface area contributed by atoms with Gasteiger partial charge in [0.25, 0.3) is 11.8 Å². The number of imide groups is 1. The van der Waals surface area contributed by atoms with Crippen molar-refractivity contribution in [2.45, 2.75) is 13.5 Å². The third-order valence-electron chi connectivity index (χ3n) is 4.28. The molecule has 0 bridgehead atoms. The summed E-state index contributed by atoms with van der Waals surface area (Å²) in [4.78, 5) is 26.6. The van der Waals surface area contributed by atoms with Gasteiger partial charge in [-0.3, -0.25) is 14.5 Å². The number of carbonyl (C=O) groups excluding carboxylic acids is 2.